The van der Waals surface area contributed by atoms with Crippen molar-refractivity contribution in [1.82, 2.24) is 9.13 Å². The second-order valence-corrected chi connectivity index (χ2v) is 15.2. The van der Waals surface area contributed by atoms with Crippen molar-refractivity contribution in [2.24, 2.45) is 15.7 Å². The predicted octanol–water partition coefficient (Wildman–Crippen LogP) is 0.960. The van der Waals surface area contributed by atoms with Gasteiger partial charge in [0.2, 0.25) is 0 Å². The summed E-state index contributed by atoms with van der Waals surface area (Å²) in [6.07, 6.45) is 6.80. The Balaban J connectivity index is 1.23. The van der Waals surface area contributed by atoms with E-state index in [-0.39, 0.29) is 12.0 Å². The molecule has 56 heavy (non-hydrogen) atoms. The molecule has 0 saturated heterocycles. The van der Waals surface area contributed by atoms with Gasteiger partial charge in [-0.1, -0.05) is 114 Å². The third-order valence-corrected chi connectivity index (χ3v) is 12.4. The van der Waals surface area contributed by atoms with Gasteiger partial charge in [0.1, 0.15) is 63.6 Å². The standard InChI is InChI=1S/C45H38B5N5O/c46-37-36(38(47)40(49)41(50)39(37)48)45(53-44(51)24-10-2-1-3-11-24)52-23-54-32-15-7-4-12-26(32)30-20-21-31-27-13-5-8-16-33(27)55(43(31)42(30)54)25-18-19-29-28-14-6-9-17-34(28)56-35(29)22-25/h1-22,29,35H,23,46-50H2,(H2,51,52,53). The Hall–Kier alpha value is -6.34. The zero-order valence-corrected chi connectivity index (χ0v) is 32.3. The largest absolute Gasteiger partial charge is 0.485 e. The number of nitrogens with two attached hydrogens (primary N) is 1. The smallest absolute Gasteiger partial charge is 0.157 e. The van der Waals surface area contributed by atoms with Crippen molar-refractivity contribution in [3.8, 4) is 5.75 Å². The van der Waals surface area contributed by atoms with E-state index in [0.29, 0.717) is 18.3 Å². The number of aromatic nitrogens is 2. The Morgan fingerprint density at radius 2 is 1.25 bits per heavy atom. The van der Waals surface area contributed by atoms with Gasteiger partial charge in [0.15, 0.2) is 5.84 Å². The van der Waals surface area contributed by atoms with E-state index < -0.39 is 0 Å². The Bertz CT molecular complexity index is 3040. The molecular formula is C45H38B5N5O. The van der Waals surface area contributed by atoms with Crippen molar-refractivity contribution in [2.45, 2.75) is 18.7 Å². The zero-order valence-electron chi connectivity index (χ0n) is 32.3. The Morgan fingerprint density at radius 1 is 0.643 bits per heavy atom. The number of amidine groups is 2. The third-order valence-electron chi connectivity index (χ3n) is 12.4. The SMILES string of the molecule is Bc1c(B)c(B)c(C(/N=C(\N)c2ccccc2)=N/Cn2c3ccccc3c3ccc4c5ccccc5n(C5=CC6Oc7ccccc7C6C=C5)c4c32)c(B)c1B. The summed E-state index contributed by atoms with van der Waals surface area (Å²) < 4.78 is 11.3. The highest BCUT2D eigenvalue weighted by Gasteiger charge is 2.34. The van der Waals surface area contributed by atoms with Crippen LogP contribution in [0, 0.1) is 0 Å². The molecule has 0 radical (unpaired) electrons. The first-order chi connectivity index (χ1) is 27.3. The molecule has 8 aromatic rings. The van der Waals surface area contributed by atoms with Gasteiger partial charge in [0.05, 0.1) is 22.1 Å². The summed E-state index contributed by atoms with van der Waals surface area (Å²) >= 11 is 0. The number of aliphatic imine (C=N–C) groups is 2. The van der Waals surface area contributed by atoms with Crippen LogP contribution in [0.3, 0.4) is 0 Å². The molecule has 6 aromatic carbocycles. The molecule has 2 N–H and O–H groups in total. The third kappa shape index (κ3) is 5.17. The summed E-state index contributed by atoms with van der Waals surface area (Å²) in [5, 5.41) is 4.76. The molecule has 264 valence electrons. The van der Waals surface area contributed by atoms with E-state index in [1.54, 1.807) is 0 Å². The summed E-state index contributed by atoms with van der Waals surface area (Å²) in [5.74, 6) is 2.22. The van der Waals surface area contributed by atoms with Gasteiger partial charge < -0.3 is 19.6 Å². The topological polar surface area (TPSA) is 69.8 Å². The molecular weight excluding hydrogens is 681 g/mol. The van der Waals surface area contributed by atoms with Crippen LogP contribution in [0.25, 0.3) is 49.3 Å². The van der Waals surface area contributed by atoms with Gasteiger partial charge in [-0.2, -0.15) is 0 Å². The predicted molar refractivity (Wildman–Crippen MR) is 250 cm³/mol. The van der Waals surface area contributed by atoms with Crippen molar-refractivity contribution < 1.29 is 4.74 Å². The Kier molecular flexibility index (Phi) is 8.03. The van der Waals surface area contributed by atoms with E-state index in [2.05, 4.69) is 145 Å². The molecule has 3 heterocycles. The molecule has 0 saturated carbocycles. The molecule has 2 unspecified atom stereocenters. The highest BCUT2D eigenvalue weighted by Crippen LogP contribution is 2.45. The van der Waals surface area contributed by atoms with Gasteiger partial charge in [0.25, 0.3) is 0 Å². The van der Waals surface area contributed by atoms with Gasteiger partial charge in [-0.3, -0.25) is 0 Å². The summed E-state index contributed by atoms with van der Waals surface area (Å²) in [6.45, 7) is 0.342. The second-order valence-electron chi connectivity index (χ2n) is 15.2. The molecule has 6 nitrogen and oxygen atoms in total. The van der Waals surface area contributed by atoms with E-state index in [1.807, 2.05) is 36.4 Å². The molecule has 11 heteroatoms. The number of hydrogen-bond acceptors (Lipinski definition) is 2. The highest BCUT2D eigenvalue weighted by atomic mass is 16.5. The average molecular weight is 719 g/mol. The molecule has 0 amide bonds. The first-order valence-electron chi connectivity index (χ1n) is 19.4. The Labute approximate surface area is 330 Å². The number of allylic oxidation sites excluding steroid dienone is 2. The Morgan fingerprint density at radius 3 is 2.00 bits per heavy atom. The lowest BCUT2D eigenvalue weighted by Gasteiger charge is -2.21. The summed E-state index contributed by atoms with van der Waals surface area (Å²) in [7, 11) is 10.9. The van der Waals surface area contributed by atoms with Crippen molar-refractivity contribution in [2.75, 3.05) is 0 Å². The maximum absolute atomic E-state index is 6.79. The molecule has 1 aliphatic carbocycles. The van der Waals surface area contributed by atoms with Crippen molar-refractivity contribution >= 4 is 128 Å². The second kappa shape index (κ2) is 13.2. The number of rotatable bonds is 5. The number of hydrogen-bond donors (Lipinski definition) is 1. The molecule has 2 aliphatic rings. The normalized spacial score (nSPS) is 16.8. The maximum atomic E-state index is 6.79. The van der Waals surface area contributed by atoms with Crippen LogP contribution in [0.1, 0.15) is 22.6 Å². The number of nitrogens with zero attached hydrogens (tertiary/aromatic N) is 4. The quantitative estimate of drug-likeness (QED) is 0.164. The fourth-order valence-corrected chi connectivity index (χ4v) is 9.12. The van der Waals surface area contributed by atoms with Crippen LogP contribution in [0.4, 0.5) is 0 Å². The van der Waals surface area contributed by atoms with Gasteiger partial charge in [0, 0.05) is 49.9 Å². The van der Waals surface area contributed by atoms with Crippen LogP contribution in [0.5, 0.6) is 5.75 Å². The highest BCUT2D eigenvalue weighted by molar-refractivity contribution is 6.68. The van der Waals surface area contributed by atoms with Crippen molar-refractivity contribution in [3.63, 3.8) is 0 Å². The number of ether oxygens (including phenoxy) is 1. The first kappa shape index (κ1) is 34.2. The van der Waals surface area contributed by atoms with Crippen LogP contribution in [0.15, 0.2) is 143 Å². The number of fused-ring (bicyclic) bond motifs is 10. The monoisotopic (exact) mass is 719 g/mol. The van der Waals surface area contributed by atoms with E-state index in [9.17, 15) is 0 Å². The fourth-order valence-electron chi connectivity index (χ4n) is 9.12. The molecule has 0 bridgehead atoms. The molecule has 2 aromatic heterocycles. The molecule has 10 rings (SSSR count). The van der Waals surface area contributed by atoms with Crippen LogP contribution in [0.2, 0.25) is 0 Å². The van der Waals surface area contributed by atoms with Crippen LogP contribution >= 0.6 is 0 Å². The fraction of sp³-hybridized carbons (Fsp3) is 0.0667. The van der Waals surface area contributed by atoms with Crippen molar-refractivity contribution in [1.29, 1.82) is 0 Å². The minimum atomic E-state index is -0.0818. The summed E-state index contributed by atoms with van der Waals surface area (Å²) in [4.78, 5) is 10.6. The minimum absolute atomic E-state index is 0.0818. The van der Waals surface area contributed by atoms with E-state index in [0.717, 1.165) is 44.6 Å². The van der Waals surface area contributed by atoms with Gasteiger partial charge in [-0.05, 0) is 30.4 Å². The summed E-state index contributed by atoms with van der Waals surface area (Å²) in [6, 6.07) is 40.3. The minimum Gasteiger partial charge on any atom is -0.485 e. The number of benzene rings is 6. The first-order valence-corrected chi connectivity index (χ1v) is 19.4. The molecule has 2 atom stereocenters. The van der Waals surface area contributed by atoms with Crippen LogP contribution in [-0.4, -0.2) is 66.1 Å². The lowest BCUT2D eigenvalue weighted by atomic mass is 9.60. The van der Waals surface area contributed by atoms with Gasteiger partial charge in [-0.25, -0.2) is 9.98 Å². The van der Waals surface area contributed by atoms with Crippen LogP contribution < -0.4 is 37.8 Å². The molecule has 0 spiro atoms. The summed E-state index contributed by atoms with van der Waals surface area (Å²) in [5.41, 5.74) is 21.7. The van der Waals surface area contributed by atoms with Crippen molar-refractivity contribution in [3.05, 3.63) is 150 Å². The van der Waals surface area contributed by atoms with E-state index in [4.69, 9.17) is 20.5 Å². The number of para-hydroxylation sites is 3. The average Bonchev–Trinajstić information content (AvgIpc) is 3.88. The zero-order chi connectivity index (χ0) is 38.2. The molecule has 1 aliphatic heterocycles. The van der Waals surface area contributed by atoms with E-state index in [1.165, 1.54) is 54.4 Å². The van der Waals surface area contributed by atoms with Gasteiger partial charge in [-0.15, -0.1) is 16.4 Å². The lowest BCUT2D eigenvalue weighted by molar-refractivity contribution is 0.269. The maximum Gasteiger partial charge on any atom is 0.157 e. The van der Waals surface area contributed by atoms with Gasteiger partial charge >= 0.3 is 0 Å². The van der Waals surface area contributed by atoms with Crippen LogP contribution in [-0.2, 0) is 6.67 Å². The molecule has 0 fully saturated rings. The van der Waals surface area contributed by atoms with E-state index >= 15 is 0 Å². The lowest BCUT2D eigenvalue weighted by Crippen LogP contribution is -2.57.